The van der Waals surface area contributed by atoms with Crippen LogP contribution in [0.25, 0.3) is 0 Å². The van der Waals surface area contributed by atoms with E-state index in [1.165, 1.54) is 25.7 Å². The summed E-state index contributed by atoms with van der Waals surface area (Å²) in [5, 5.41) is 3.54. The molecule has 2 fully saturated rings. The highest BCUT2D eigenvalue weighted by molar-refractivity contribution is 7.91. The zero-order valence-electron chi connectivity index (χ0n) is 11.0. The minimum Gasteiger partial charge on any atom is -0.314 e. The third-order valence-electron chi connectivity index (χ3n) is 4.56. The number of hydrogen-bond acceptors (Lipinski definition) is 3. The van der Waals surface area contributed by atoms with Crippen LogP contribution in [-0.4, -0.2) is 32.5 Å². The van der Waals surface area contributed by atoms with Gasteiger partial charge in [0.2, 0.25) is 0 Å². The maximum absolute atomic E-state index is 11.7. The van der Waals surface area contributed by atoms with Gasteiger partial charge in [0.05, 0.1) is 11.5 Å². The van der Waals surface area contributed by atoms with Crippen molar-refractivity contribution in [1.29, 1.82) is 0 Å². The SMILES string of the molecule is CC(C)NCC1(C2CCS(=O)(=O)C2)CCCC1. The fourth-order valence-corrected chi connectivity index (χ4v) is 5.44. The average Bonchev–Trinajstić information content (AvgIpc) is 2.82. The summed E-state index contributed by atoms with van der Waals surface area (Å²) in [7, 11) is -2.74. The molecule has 0 aromatic carbocycles. The van der Waals surface area contributed by atoms with Crippen LogP contribution >= 0.6 is 0 Å². The van der Waals surface area contributed by atoms with Crippen LogP contribution in [0.15, 0.2) is 0 Å². The number of nitrogens with one attached hydrogen (secondary N) is 1. The third-order valence-corrected chi connectivity index (χ3v) is 6.33. The molecule has 17 heavy (non-hydrogen) atoms. The molecular weight excluding hydrogens is 234 g/mol. The molecular formula is C13H25NO2S. The molecule has 0 amide bonds. The van der Waals surface area contributed by atoms with E-state index in [1.54, 1.807) is 0 Å². The zero-order chi connectivity index (χ0) is 12.5. The van der Waals surface area contributed by atoms with Gasteiger partial charge in [0.25, 0.3) is 0 Å². The highest BCUT2D eigenvalue weighted by atomic mass is 32.2. The van der Waals surface area contributed by atoms with E-state index < -0.39 is 9.84 Å². The van der Waals surface area contributed by atoms with Gasteiger partial charge in [-0.25, -0.2) is 8.42 Å². The van der Waals surface area contributed by atoms with Gasteiger partial charge in [-0.05, 0) is 30.6 Å². The van der Waals surface area contributed by atoms with Gasteiger partial charge in [-0.3, -0.25) is 0 Å². The lowest BCUT2D eigenvalue weighted by Crippen LogP contribution is -2.41. The topological polar surface area (TPSA) is 46.2 Å². The summed E-state index contributed by atoms with van der Waals surface area (Å²) >= 11 is 0. The summed E-state index contributed by atoms with van der Waals surface area (Å²) in [5.74, 6) is 1.26. The van der Waals surface area contributed by atoms with Gasteiger partial charge in [-0.1, -0.05) is 26.7 Å². The smallest absolute Gasteiger partial charge is 0.150 e. The van der Waals surface area contributed by atoms with Gasteiger partial charge >= 0.3 is 0 Å². The van der Waals surface area contributed by atoms with E-state index in [0.29, 0.717) is 23.5 Å². The maximum Gasteiger partial charge on any atom is 0.150 e. The number of rotatable bonds is 4. The molecule has 1 aliphatic heterocycles. The Kier molecular flexibility index (Phi) is 3.83. The first-order valence-corrected chi connectivity index (χ1v) is 8.69. The molecule has 1 heterocycles. The third kappa shape index (κ3) is 3.02. The van der Waals surface area contributed by atoms with Crippen molar-refractivity contribution in [2.75, 3.05) is 18.1 Å². The Morgan fingerprint density at radius 3 is 2.41 bits per heavy atom. The summed E-state index contributed by atoms with van der Waals surface area (Å²) in [5.41, 5.74) is 0.272. The minimum atomic E-state index is -2.74. The fourth-order valence-electron chi connectivity index (χ4n) is 3.49. The number of hydrogen-bond donors (Lipinski definition) is 1. The Morgan fingerprint density at radius 2 is 1.94 bits per heavy atom. The summed E-state index contributed by atoms with van der Waals surface area (Å²) in [6, 6.07) is 0.491. The van der Waals surface area contributed by atoms with E-state index in [-0.39, 0.29) is 5.41 Å². The van der Waals surface area contributed by atoms with Gasteiger partial charge in [-0.2, -0.15) is 0 Å². The molecule has 4 heteroatoms. The van der Waals surface area contributed by atoms with Gasteiger partial charge < -0.3 is 5.32 Å². The van der Waals surface area contributed by atoms with E-state index >= 15 is 0 Å². The molecule has 0 radical (unpaired) electrons. The van der Waals surface area contributed by atoms with Gasteiger partial charge in [-0.15, -0.1) is 0 Å². The van der Waals surface area contributed by atoms with Crippen molar-refractivity contribution in [3.05, 3.63) is 0 Å². The van der Waals surface area contributed by atoms with Crippen LogP contribution in [0.2, 0.25) is 0 Å². The molecule has 2 aliphatic rings. The van der Waals surface area contributed by atoms with Crippen molar-refractivity contribution in [1.82, 2.24) is 5.32 Å². The molecule has 1 unspecified atom stereocenters. The second-order valence-electron chi connectivity index (χ2n) is 6.21. The van der Waals surface area contributed by atoms with E-state index in [0.717, 1.165) is 13.0 Å². The first-order valence-electron chi connectivity index (χ1n) is 6.87. The zero-order valence-corrected chi connectivity index (χ0v) is 11.9. The normalized spacial score (nSPS) is 31.1. The Bertz CT molecular complexity index is 356. The summed E-state index contributed by atoms with van der Waals surface area (Å²) < 4.78 is 23.3. The quantitative estimate of drug-likeness (QED) is 0.839. The predicted octanol–water partition coefficient (Wildman–Crippen LogP) is 1.98. The van der Waals surface area contributed by atoms with Crippen molar-refractivity contribution in [2.24, 2.45) is 11.3 Å². The van der Waals surface area contributed by atoms with Crippen LogP contribution in [0.4, 0.5) is 0 Å². The summed E-state index contributed by atoms with van der Waals surface area (Å²) in [4.78, 5) is 0. The molecule has 1 saturated heterocycles. The predicted molar refractivity (Wildman–Crippen MR) is 70.8 cm³/mol. The minimum absolute atomic E-state index is 0.272. The van der Waals surface area contributed by atoms with Crippen LogP contribution in [0.5, 0.6) is 0 Å². The van der Waals surface area contributed by atoms with Crippen molar-refractivity contribution < 1.29 is 8.42 Å². The van der Waals surface area contributed by atoms with Crippen molar-refractivity contribution >= 4 is 9.84 Å². The standard InChI is InChI=1S/C13H25NO2S/c1-11(2)14-10-13(6-3-4-7-13)12-5-8-17(15,16)9-12/h11-12,14H,3-10H2,1-2H3. The Balaban J connectivity index is 2.06. The fraction of sp³-hybridized carbons (Fsp3) is 1.00. The molecule has 0 spiro atoms. The Hall–Kier alpha value is -0.0900. The molecule has 100 valence electrons. The Labute approximate surface area is 105 Å². The van der Waals surface area contributed by atoms with Crippen LogP contribution in [-0.2, 0) is 9.84 Å². The summed E-state index contributed by atoms with van der Waals surface area (Å²) in [6.07, 6.45) is 5.87. The monoisotopic (exact) mass is 259 g/mol. The molecule has 2 rings (SSSR count). The molecule has 3 nitrogen and oxygen atoms in total. The van der Waals surface area contributed by atoms with Gasteiger partial charge in [0.1, 0.15) is 0 Å². The van der Waals surface area contributed by atoms with E-state index in [2.05, 4.69) is 19.2 Å². The molecule has 1 aliphatic carbocycles. The van der Waals surface area contributed by atoms with Crippen LogP contribution in [0, 0.1) is 11.3 Å². The molecule has 0 aromatic rings. The molecule has 0 aromatic heterocycles. The van der Waals surface area contributed by atoms with E-state index in [9.17, 15) is 8.42 Å². The molecule has 0 bridgehead atoms. The molecule has 1 N–H and O–H groups in total. The van der Waals surface area contributed by atoms with Crippen LogP contribution < -0.4 is 5.32 Å². The van der Waals surface area contributed by atoms with E-state index in [1.807, 2.05) is 0 Å². The van der Waals surface area contributed by atoms with Gasteiger partial charge in [0.15, 0.2) is 9.84 Å². The van der Waals surface area contributed by atoms with Crippen molar-refractivity contribution in [2.45, 2.75) is 52.0 Å². The maximum atomic E-state index is 11.7. The lowest BCUT2D eigenvalue weighted by atomic mass is 9.73. The second kappa shape index (κ2) is 4.88. The lowest BCUT2D eigenvalue weighted by molar-refractivity contribution is 0.174. The van der Waals surface area contributed by atoms with Crippen LogP contribution in [0.1, 0.15) is 46.0 Å². The lowest BCUT2D eigenvalue weighted by Gasteiger charge is -2.36. The Morgan fingerprint density at radius 1 is 1.29 bits per heavy atom. The van der Waals surface area contributed by atoms with Crippen molar-refractivity contribution in [3.8, 4) is 0 Å². The van der Waals surface area contributed by atoms with E-state index in [4.69, 9.17) is 0 Å². The molecule has 1 atom stereocenters. The second-order valence-corrected chi connectivity index (χ2v) is 8.43. The number of sulfone groups is 1. The highest BCUT2D eigenvalue weighted by Gasteiger charge is 2.45. The highest BCUT2D eigenvalue weighted by Crippen LogP contribution is 2.47. The molecule has 1 saturated carbocycles. The largest absolute Gasteiger partial charge is 0.314 e. The van der Waals surface area contributed by atoms with Gasteiger partial charge in [0, 0.05) is 12.6 Å². The average molecular weight is 259 g/mol. The summed E-state index contributed by atoms with van der Waals surface area (Å²) in [6.45, 7) is 5.33. The first-order chi connectivity index (χ1) is 7.94. The van der Waals surface area contributed by atoms with Crippen molar-refractivity contribution in [3.63, 3.8) is 0 Å². The first kappa shape index (κ1) is 13.3. The van der Waals surface area contributed by atoms with Crippen LogP contribution in [0.3, 0.4) is 0 Å².